The molecule has 17 heavy (non-hydrogen) atoms. The summed E-state index contributed by atoms with van der Waals surface area (Å²) >= 11 is 0. The number of hydrogen-bond donors (Lipinski definition) is 2. The number of hydrogen-bond acceptors (Lipinski definition) is 2. The molecule has 0 aliphatic heterocycles. The fraction of sp³-hybridized carbons (Fsp3) is 0.200. The van der Waals surface area contributed by atoms with Crippen molar-refractivity contribution >= 4 is 5.69 Å². The van der Waals surface area contributed by atoms with Crippen LogP contribution in [0.1, 0.15) is 17.0 Å². The van der Waals surface area contributed by atoms with Crippen LogP contribution in [0.2, 0.25) is 0 Å². The zero-order chi connectivity index (χ0) is 12.1. The molecule has 2 aromatic rings. The van der Waals surface area contributed by atoms with Gasteiger partial charge in [-0.25, -0.2) is 0 Å². The third kappa shape index (κ3) is 2.86. The van der Waals surface area contributed by atoms with Crippen molar-refractivity contribution in [3.05, 3.63) is 65.7 Å². The lowest BCUT2D eigenvalue weighted by atomic mass is 9.91. The Kier molecular flexibility index (Phi) is 3.78. The maximum Gasteiger partial charge on any atom is 0.0346 e. The lowest BCUT2D eigenvalue weighted by Gasteiger charge is -2.16. The number of anilines is 1. The fourth-order valence-electron chi connectivity index (χ4n) is 2.05. The number of nitrogens with two attached hydrogens (primary N) is 2. The molecular weight excluding hydrogens is 208 g/mol. The highest BCUT2D eigenvalue weighted by Crippen LogP contribution is 2.22. The van der Waals surface area contributed by atoms with E-state index in [1.807, 2.05) is 36.4 Å². The maximum atomic E-state index is 5.96. The highest BCUT2D eigenvalue weighted by molar-refractivity contribution is 5.47. The number of nitrogen functional groups attached to an aromatic ring is 1. The molecule has 2 rings (SSSR count). The summed E-state index contributed by atoms with van der Waals surface area (Å²) in [6.07, 6.45) is 0.896. The molecule has 88 valence electrons. The first-order chi connectivity index (χ1) is 8.31. The van der Waals surface area contributed by atoms with Crippen LogP contribution >= 0.6 is 0 Å². The van der Waals surface area contributed by atoms with Crippen LogP contribution < -0.4 is 11.5 Å². The van der Waals surface area contributed by atoms with Crippen LogP contribution in [0.3, 0.4) is 0 Å². The molecule has 0 bridgehead atoms. The van der Waals surface area contributed by atoms with Gasteiger partial charge in [-0.3, -0.25) is 0 Å². The molecular formula is C15H18N2. The molecule has 0 heterocycles. The van der Waals surface area contributed by atoms with Crippen molar-refractivity contribution in [3.8, 4) is 0 Å². The Hall–Kier alpha value is -1.80. The fourth-order valence-corrected chi connectivity index (χ4v) is 2.05. The average molecular weight is 226 g/mol. The molecule has 0 radical (unpaired) electrons. The van der Waals surface area contributed by atoms with Gasteiger partial charge in [-0.1, -0.05) is 48.5 Å². The van der Waals surface area contributed by atoms with Crippen LogP contribution in [-0.4, -0.2) is 6.54 Å². The summed E-state index contributed by atoms with van der Waals surface area (Å²) in [5, 5.41) is 0. The van der Waals surface area contributed by atoms with Crippen LogP contribution in [0, 0.1) is 0 Å². The van der Waals surface area contributed by atoms with Gasteiger partial charge in [0.15, 0.2) is 0 Å². The molecule has 2 aromatic carbocycles. The minimum Gasteiger partial charge on any atom is -0.399 e. The predicted molar refractivity (Wildman–Crippen MR) is 72.8 cm³/mol. The normalized spacial score (nSPS) is 12.3. The Labute approximate surface area is 102 Å². The van der Waals surface area contributed by atoms with Crippen LogP contribution in [0.15, 0.2) is 54.6 Å². The van der Waals surface area contributed by atoms with Crippen LogP contribution in [-0.2, 0) is 6.42 Å². The highest BCUT2D eigenvalue weighted by Gasteiger charge is 2.11. The highest BCUT2D eigenvalue weighted by atomic mass is 14.6. The van der Waals surface area contributed by atoms with Crippen molar-refractivity contribution in [1.29, 1.82) is 0 Å². The van der Waals surface area contributed by atoms with Gasteiger partial charge in [0, 0.05) is 11.6 Å². The molecule has 2 heteroatoms. The largest absolute Gasteiger partial charge is 0.399 e. The van der Waals surface area contributed by atoms with Crippen molar-refractivity contribution in [3.63, 3.8) is 0 Å². The van der Waals surface area contributed by atoms with E-state index in [0.717, 1.165) is 12.1 Å². The Balaban J connectivity index is 2.19. The van der Waals surface area contributed by atoms with Crippen molar-refractivity contribution in [2.45, 2.75) is 12.3 Å². The van der Waals surface area contributed by atoms with Gasteiger partial charge in [-0.05, 0) is 30.2 Å². The lowest BCUT2D eigenvalue weighted by molar-refractivity contribution is 0.695. The van der Waals surface area contributed by atoms with Crippen LogP contribution in [0.4, 0.5) is 5.69 Å². The van der Waals surface area contributed by atoms with E-state index in [0.29, 0.717) is 12.5 Å². The molecule has 0 saturated heterocycles. The molecule has 0 amide bonds. The number of para-hydroxylation sites is 1. The molecule has 1 unspecified atom stereocenters. The van der Waals surface area contributed by atoms with Crippen LogP contribution in [0.5, 0.6) is 0 Å². The Bertz CT molecular complexity index is 465. The van der Waals surface area contributed by atoms with Crippen LogP contribution in [0.25, 0.3) is 0 Å². The summed E-state index contributed by atoms with van der Waals surface area (Å²) in [5.74, 6) is 0.334. The summed E-state index contributed by atoms with van der Waals surface area (Å²) in [6.45, 7) is 0.637. The third-order valence-electron chi connectivity index (χ3n) is 3.08. The van der Waals surface area contributed by atoms with Gasteiger partial charge >= 0.3 is 0 Å². The van der Waals surface area contributed by atoms with Gasteiger partial charge in [-0.2, -0.15) is 0 Å². The molecule has 0 aromatic heterocycles. The van der Waals surface area contributed by atoms with E-state index < -0.39 is 0 Å². The molecule has 1 atom stereocenters. The average Bonchev–Trinajstić information content (AvgIpc) is 2.39. The van der Waals surface area contributed by atoms with Gasteiger partial charge in [0.1, 0.15) is 0 Å². The van der Waals surface area contributed by atoms with Crippen molar-refractivity contribution < 1.29 is 0 Å². The summed E-state index contributed by atoms with van der Waals surface area (Å²) in [5.41, 5.74) is 15.1. The third-order valence-corrected chi connectivity index (χ3v) is 3.08. The first kappa shape index (κ1) is 11.7. The topological polar surface area (TPSA) is 52.0 Å². The number of rotatable bonds is 4. The maximum absolute atomic E-state index is 5.96. The second kappa shape index (κ2) is 5.51. The molecule has 4 N–H and O–H groups in total. The summed E-state index contributed by atoms with van der Waals surface area (Å²) < 4.78 is 0. The first-order valence-corrected chi connectivity index (χ1v) is 5.89. The minimum absolute atomic E-state index is 0.334. The number of benzene rings is 2. The predicted octanol–water partition coefficient (Wildman–Crippen LogP) is 2.55. The summed E-state index contributed by atoms with van der Waals surface area (Å²) in [4.78, 5) is 0. The van der Waals surface area contributed by atoms with Gasteiger partial charge in [-0.15, -0.1) is 0 Å². The van der Waals surface area contributed by atoms with E-state index in [4.69, 9.17) is 11.5 Å². The quantitative estimate of drug-likeness (QED) is 0.787. The molecule has 0 spiro atoms. The molecule has 0 fully saturated rings. The smallest absolute Gasteiger partial charge is 0.0346 e. The van der Waals surface area contributed by atoms with Gasteiger partial charge < -0.3 is 11.5 Å². The van der Waals surface area contributed by atoms with Gasteiger partial charge in [0.2, 0.25) is 0 Å². The van der Waals surface area contributed by atoms with E-state index in [-0.39, 0.29) is 0 Å². The van der Waals surface area contributed by atoms with Crippen molar-refractivity contribution in [1.82, 2.24) is 0 Å². The van der Waals surface area contributed by atoms with Crippen molar-refractivity contribution in [2.75, 3.05) is 12.3 Å². The van der Waals surface area contributed by atoms with E-state index in [1.54, 1.807) is 0 Å². The monoisotopic (exact) mass is 226 g/mol. The van der Waals surface area contributed by atoms with E-state index in [9.17, 15) is 0 Å². The van der Waals surface area contributed by atoms with Crippen molar-refractivity contribution in [2.24, 2.45) is 5.73 Å². The molecule has 0 aliphatic carbocycles. The lowest BCUT2D eigenvalue weighted by Crippen LogP contribution is -2.15. The SMILES string of the molecule is NCC(Cc1ccccc1N)c1ccccc1. The second-order valence-electron chi connectivity index (χ2n) is 4.25. The van der Waals surface area contributed by atoms with Gasteiger partial charge in [0.25, 0.3) is 0 Å². The Morgan fingerprint density at radius 2 is 1.53 bits per heavy atom. The second-order valence-corrected chi connectivity index (χ2v) is 4.25. The van der Waals surface area contributed by atoms with E-state index in [1.165, 1.54) is 11.1 Å². The Morgan fingerprint density at radius 1 is 0.882 bits per heavy atom. The summed E-state index contributed by atoms with van der Waals surface area (Å²) in [6, 6.07) is 18.3. The molecule has 0 saturated carbocycles. The van der Waals surface area contributed by atoms with Gasteiger partial charge in [0.05, 0.1) is 0 Å². The molecule has 0 aliphatic rings. The zero-order valence-electron chi connectivity index (χ0n) is 9.84. The van der Waals surface area contributed by atoms with E-state index in [2.05, 4.69) is 18.2 Å². The standard InChI is InChI=1S/C15H18N2/c16-11-14(12-6-2-1-3-7-12)10-13-8-4-5-9-15(13)17/h1-9,14H,10-11,16-17H2. The zero-order valence-corrected chi connectivity index (χ0v) is 9.84. The summed E-state index contributed by atoms with van der Waals surface area (Å²) in [7, 11) is 0. The molecule has 2 nitrogen and oxygen atoms in total. The first-order valence-electron chi connectivity index (χ1n) is 5.89. The van der Waals surface area contributed by atoms with E-state index >= 15 is 0 Å². The Morgan fingerprint density at radius 3 is 2.18 bits per heavy atom. The minimum atomic E-state index is 0.334.